The number of aryl methyl sites for hydroxylation is 2. The minimum Gasteiger partial charge on any atom is -0.360 e. The number of anilines is 3. The number of nitrogens with one attached hydrogen (secondary N) is 1. The van der Waals surface area contributed by atoms with Crippen LogP contribution in [-0.2, 0) is 21.8 Å². The topological polar surface area (TPSA) is 106 Å². The summed E-state index contributed by atoms with van der Waals surface area (Å²) in [7, 11) is -4.22. The van der Waals surface area contributed by atoms with Crippen molar-refractivity contribution in [1.29, 1.82) is 0 Å². The molecule has 0 atom stereocenters. The summed E-state index contributed by atoms with van der Waals surface area (Å²) in [5.74, 6) is -3.65. The van der Waals surface area contributed by atoms with Crippen LogP contribution in [0.3, 0.4) is 0 Å². The minimum absolute atomic E-state index is 0.218. The van der Waals surface area contributed by atoms with Crippen molar-refractivity contribution in [3.63, 3.8) is 0 Å². The molecule has 0 spiro atoms. The van der Waals surface area contributed by atoms with Gasteiger partial charge in [0.25, 0.3) is 5.56 Å². The smallest absolute Gasteiger partial charge is 0.261 e. The highest BCUT2D eigenvalue weighted by Gasteiger charge is 2.29. The number of hydrogen-bond acceptors (Lipinski definition) is 7. The molecule has 0 aliphatic rings. The van der Waals surface area contributed by atoms with E-state index in [0.717, 1.165) is 6.04 Å². The first kappa shape index (κ1) is 29.6. The lowest BCUT2D eigenvalue weighted by Gasteiger charge is -2.25. The molecular weight excluding hydrogens is 539 g/mol. The molecule has 0 bridgehead atoms. The second-order valence-corrected chi connectivity index (χ2v) is 17.7. The second-order valence-electron chi connectivity index (χ2n) is 10.1. The number of nitrogens with zero attached hydrogens (tertiary/aromatic N) is 4. The molecule has 0 aliphatic carbocycles. The van der Waals surface area contributed by atoms with Crippen LogP contribution in [0.4, 0.5) is 30.4 Å². The first-order valence-electron chi connectivity index (χ1n) is 12.0. The maximum atomic E-state index is 15.7. The second kappa shape index (κ2) is 11.8. The zero-order valence-corrected chi connectivity index (χ0v) is 23.8. The summed E-state index contributed by atoms with van der Waals surface area (Å²) in [6, 6.07) is 3.77. The van der Waals surface area contributed by atoms with Gasteiger partial charge in [0.2, 0.25) is 10.0 Å². The fourth-order valence-electron chi connectivity index (χ4n) is 3.61. The van der Waals surface area contributed by atoms with Gasteiger partial charge in [0.15, 0.2) is 17.5 Å². The van der Waals surface area contributed by atoms with Crippen LogP contribution in [0.2, 0.25) is 25.7 Å². The van der Waals surface area contributed by atoms with Gasteiger partial charge in [-0.05, 0) is 37.1 Å². The molecule has 14 heteroatoms. The fourth-order valence-corrected chi connectivity index (χ4v) is 5.69. The molecule has 2 aromatic heterocycles. The molecule has 1 aromatic carbocycles. The van der Waals surface area contributed by atoms with Crippen LogP contribution in [0.15, 0.2) is 29.5 Å². The van der Waals surface area contributed by atoms with Crippen LogP contribution in [0.25, 0.3) is 10.9 Å². The predicted molar refractivity (Wildman–Crippen MR) is 145 cm³/mol. The zero-order valence-electron chi connectivity index (χ0n) is 22.0. The number of hydrogen-bond donors (Lipinski definition) is 1. The molecule has 38 heavy (non-hydrogen) atoms. The van der Waals surface area contributed by atoms with Crippen LogP contribution in [0.1, 0.15) is 12.0 Å². The molecule has 9 nitrogen and oxygen atoms in total. The van der Waals surface area contributed by atoms with E-state index in [1.807, 2.05) is 0 Å². The third-order valence-electron chi connectivity index (χ3n) is 5.87. The zero-order chi connectivity index (χ0) is 28.3. The summed E-state index contributed by atoms with van der Waals surface area (Å²) in [4.78, 5) is 20.5. The highest BCUT2D eigenvalue weighted by molar-refractivity contribution is 7.92. The molecule has 0 amide bonds. The van der Waals surface area contributed by atoms with Gasteiger partial charge in [-0.2, -0.15) is 0 Å². The largest absolute Gasteiger partial charge is 0.360 e. The standard InChI is InChI=1S/C24H32F3N5O4SSi/c1-16-18(7-8-19-20(16)24(33)31(2)14-29-19)30-22-17(26)13-28-23(21(22)27)32(37(34,35)11-6-9-25)15-36-10-12-38(3,4)5/h7-8,13-14H,6,9-12,15H2,1-5H3,(H,28,30). The van der Waals surface area contributed by atoms with E-state index in [-0.39, 0.29) is 29.7 Å². The van der Waals surface area contributed by atoms with Crippen molar-refractivity contribution >= 4 is 46.2 Å². The van der Waals surface area contributed by atoms with Gasteiger partial charge in [0.05, 0.1) is 35.9 Å². The van der Waals surface area contributed by atoms with Crippen molar-refractivity contribution in [1.82, 2.24) is 14.5 Å². The lowest BCUT2D eigenvalue weighted by molar-refractivity contribution is 0.155. The summed E-state index contributed by atoms with van der Waals surface area (Å²) in [6.45, 7) is 6.74. The van der Waals surface area contributed by atoms with Gasteiger partial charge >= 0.3 is 0 Å². The molecule has 0 saturated heterocycles. The summed E-state index contributed by atoms with van der Waals surface area (Å²) in [5.41, 5.74) is 0.0263. The average Bonchev–Trinajstić information content (AvgIpc) is 2.84. The fraction of sp³-hybridized carbons (Fsp3) is 0.458. The number of aromatic nitrogens is 3. The number of fused-ring (bicyclic) bond motifs is 1. The molecule has 3 aromatic rings. The summed E-state index contributed by atoms with van der Waals surface area (Å²) >= 11 is 0. The molecule has 0 unspecified atom stereocenters. The van der Waals surface area contributed by atoms with E-state index in [2.05, 4.69) is 34.9 Å². The SMILES string of the molecule is Cc1c(Nc2c(F)cnc(N(COCC[Si](C)(C)C)S(=O)(=O)CCCF)c2F)ccc2ncn(C)c(=O)c12. The highest BCUT2D eigenvalue weighted by Crippen LogP contribution is 2.32. The quantitative estimate of drug-likeness (QED) is 0.194. The molecule has 0 saturated carbocycles. The van der Waals surface area contributed by atoms with Crippen LogP contribution >= 0.6 is 0 Å². The Bertz CT molecular complexity index is 1480. The molecule has 0 fully saturated rings. The van der Waals surface area contributed by atoms with Crippen LogP contribution in [-0.4, -0.2) is 56.8 Å². The van der Waals surface area contributed by atoms with Crippen molar-refractivity contribution in [3.05, 3.63) is 52.2 Å². The van der Waals surface area contributed by atoms with Crippen LogP contribution in [0, 0.1) is 18.6 Å². The van der Waals surface area contributed by atoms with Gasteiger partial charge < -0.3 is 14.6 Å². The highest BCUT2D eigenvalue weighted by atomic mass is 32.2. The lowest BCUT2D eigenvalue weighted by Crippen LogP contribution is -2.37. The monoisotopic (exact) mass is 571 g/mol. The number of ether oxygens (including phenoxy) is 1. The van der Waals surface area contributed by atoms with E-state index in [9.17, 15) is 22.0 Å². The third-order valence-corrected chi connectivity index (χ3v) is 9.33. The van der Waals surface area contributed by atoms with Gasteiger partial charge in [0, 0.05) is 27.4 Å². The van der Waals surface area contributed by atoms with Gasteiger partial charge in [-0.25, -0.2) is 31.5 Å². The molecular formula is C24H32F3N5O4SSi. The van der Waals surface area contributed by atoms with Crippen molar-refractivity contribution in [2.75, 3.05) is 35.4 Å². The molecule has 208 valence electrons. The lowest BCUT2D eigenvalue weighted by atomic mass is 10.1. The van der Waals surface area contributed by atoms with Crippen molar-refractivity contribution in [2.24, 2.45) is 7.05 Å². The first-order chi connectivity index (χ1) is 17.8. The Morgan fingerprint density at radius 3 is 2.55 bits per heavy atom. The number of rotatable bonds is 12. The normalized spacial score (nSPS) is 12.2. The molecule has 2 heterocycles. The van der Waals surface area contributed by atoms with Crippen molar-refractivity contribution in [2.45, 2.75) is 39.0 Å². The van der Waals surface area contributed by atoms with Crippen LogP contribution in [0.5, 0.6) is 0 Å². The van der Waals surface area contributed by atoms with Crippen molar-refractivity contribution < 1.29 is 26.3 Å². The average molecular weight is 572 g/mol. The number of pyridine rings is 1. The summed E-state index contributed by atoms with van der Waals surface area (Å²) < 4.78 is 76.7. The molecule has 0 radical (unpaired) electrons. The number of benzene rings is 1. The third kappa shape index (κ3) is 6.72. The van der Waals surface area contributed by atoms with E-state index in [4.69, 9.17) is 4.74 Å². The Labute approximate surface area is 220 Å². The molecule has 3 rings (SSSR count). The maximum Gasteiger partial charge on any atom is 0.261 e. The Morgan fingerprint density at radius 1 is 1.18 bits per heavy atom. The van der Waals surface area contributed by atoms with Gasteiger partial charge in [-0.1, -0.05) is 19.6 Å². The number of sulfonamides is 1. The van der Waals surface area contributed by atoms with E-state index in [1.165, 1.54) is 30.1 Å². The number of alkyl halides is 1. The minimum atomic E-state index is -4.25. The molecule has 1 N–H and O–H groups in total. The van der Waals surface area contributed by atoms with Gasteiger partial charge in [-0.3, -0.25) is 9.18 Å². The number of halogens is 3. The Kier molecular flexibility index (Phi) is 9.20. The molecule has 0 aliphatic heterocycles. The Hall–Kier alpha value is -2.97. The first-order valence-corrected chi connectivity index (χ1v) is 17.3. The summed E-state index contributed by atoms with van der Waals surface area (Å²) in [5, 5.41) is 2.91. The maximum absolute atomic E-state index is 15.7. The van der Waals surface area contributed by atoms with E-state index < -0.39 is 60.4 Å². The van der Waals surface area contributed by atoms with Gasteiger partial charge in [0.1, 0.15) is 12.4 Å². The Morgan fingerprint density at radius 2 is 1.89 bits per heavy atom. The van der Waals surface area contributed by atoms with E-state index >= 15 is 4.39 Å². The summed E-state index contributed by atoms with van der Waals surface area (Å²) in [6.07, 6.45) is 1.76. The van der Waals surface area contributed by atoms with E-state index in [1.54, 1.807) is 6.92 Å². The predicted octanol–water partition coefficient (Wildman–Crippen LogP) is 4.47. The van der Waals surface area contributed by atoms with Gasteiger partial charge in [-0.15, -0.1) is 0 Å². The van der Waals surface area contributed by atoms with Crippen molar-refractivity contribution in [3.8, 4) is 0 Å². The van der Waals surface area contributed by atoms with Crippen LogP contribution < -0.4 is 15.2 Å². The Balaban J connectivity index is 2.03. The van der Waals surface area contributed by atoms with E-state index in [0.29, 0.717) is 21.6 Å².